The summed E-state index contributed by atoms with van der Waals surface area (Å²) in [7, 11) is 0. The average Bonchev–Trinajstić information content (AvgIpc) is 3.55. The second-order valence-electron chi connectivity index (χ2n) is 17.7. The van der Waals surface area contributed by atoms with Gasteiger partial charge in [0.1, 0.15) is 12.1 Å². The second-order valence-corrected chi connectivity index (χ2v) is 17.7. The first-order valence-electron chi connectivity index (χ1n) is 17.3. The fourth-order valence-corrected chi connectivity index (χ4v) is 11.7. The van der Waals surface area contributed by atoms with E-state index in [0.717, 1.165) is 57.1 Å². The van der Waals surface area contributed by atoms with Crippen molar-refractivity contribution >= 4 is 5.97 Å². The highest BCUT2D eigenvalue weighted by atomic mass is 16.5. The van der Waals surface area contributed by atoms with E-state index in [2.05, 4.69) is 44.6 Å². The smallest absolute Gasteiger partial charge is 0.323 e. The summed E-state index contributed by atoms with van der Waals surface area (Å²) in [6, 6.07) is -0.734. The first kappa shape index (κ1) is 33.9. The van der Waals surface area contributed by atoms with Crippen molar-refractivity contribution in [2.45, 2.75) is 155 Å². The first-order valence-corrected chi connectivity index (χ1v) is 17.3. The van der Waals surface area contributed by atoms with E-state index < -0.39 is 23.3 Å². The SMILES string of the molecule is CC(C)(O)CCC[C@@](C)(O)[C@H]1CC[C@]2(C)[C@@H]1[C@H](O)C[C@@H]1[C@@]3(C)CC[C@H](OC(=O)[C@@H](N)Cc4cnc[nH]4)C(C)(C)[C@@H]3CC[C@]12C. The van der Waals surface area contributed by atoms with Gasteiger partial charge in [0.15, 0.2) is 0 Å². The van der Waals surface area contributed by atoms with E-state index in [1.54, 1.807) is 12.5 Å². The van der Waals surface area contributed by atoms with E-state index in [9.17, 15) is 20.1 Å². The largest absolute Gasteiger partial charge is 0.461 e. The molecular weight excluding hydrogens is 554 g/mol. The number of carbonyl (C=O) groups is 1. The summed E-state index contributed by atoms with van der Waals surface area (Å²) < 4.78 is 6.20. The number of aromatic nitrogens is 2. The van der Waals surface area contributed by atoms with Crippen LogP contribution >= 0.6 is 0 Å². The standard InChI is InChI=1S/C36H61N3O5/c1-31(2,42)13-9-14-36(8,43)23-10-16-35(7)29(23)25(40)19-27-33(5)15-12-28(32(3,4)26(33)11-17-34(27,35)6)44-30(41)24(37)18-22-20-38-21-39-22/h20-21,23-29,40,42-43H,9-19,37H2,1-8H3,(H,38,39)/t23-,24-,25+,26-,27+,28-,29-,33-,34+,35+,36+/m0/s1. The van der Waals surface area contributed by atoms with E-state index in [1.165, 1.54) is 0 Å². The average molecular weight is 616 g/mol. The lowest BCUT2D eigenvalue weighted by Gasteiger charge is -2.70. The van der Waals surface area contributed by atoms with Crippen molar-refractivity contribution < 1.29 is 24.9 Å². The molecule has 4 saturated carbocycles. The highest BCUT2D eigenvalue weighted by Gasteiger charge is 2.71. The summed E-state index contributed by atoms with van der Waals surface area (Å²) in [4.78, 5) is 20.2. The van der Waals surface area contributed by atoms with Crippen LogP contribution in [-0.2, 0) is 16.0 Å². The van der Waals surface area contributed by atoms with Crippen LogP contribution in [0.5, 0.6) is 0 Å². The second kappa shape index (κ2) is 11.3. The van der Waals surface area contributed by atoms with E-state index in [-0.39, 0.29) is 45.6 Å². The molecule has 8 heteroatoms. The quantitative estimate of drug-likeness (QED) is 0.230. The van der Waals surface area contributed by atoms with Gasteiger partial charge in [-0.3, -0.25) is 4.79 Å². The number of nitrogens with one attached hydrogen (secondary N) is 1. The lowest BCUT2D eigenvalue weighted by Crippen LogP contribution is -2.66. The number of aliphatic hydroxyl groups is 3. The zero-order valence-electron chi connectivity index (χ0n) is 28.7. The molecule has 0 saturated heterocycles. The molecule has 8 nitrogen and oxygen atoms in total. The van der Waals surface area contributed by atoms with Crippen molar-refractivity contribution in [3.05, 3.63) is 18.2 Å². The van der Waals surface area contributed by atoms with Crippen LogP contribution in [0.1, 0.15) is 125 Å². The Morgan fingerprint density at radius 2 is 1.73 bits per heavy atom. The van der Waals surface area contributed by atoms with Crippen LogP contribution < -0.4 is 5.73 Å². The van der Waals surface area contributed by atoms with Crippen molar-refractivity contribution in [2.75, 3.05) is 0 Å². The van der Waals surface area contributed by atoms with Gasteiger partial charge < -0.3 is 30.8 Å². The Bertz CT molecular complexity index is 1180. The van der Waals surface area contributed by atoms with Crippen LogP contribution in [0.3, 0.4) is 0 Å². The molecule has 4 fully saturated rings. The number of nitrogens with zero attached hydrogens (tertiary/aromatic N) is 1. The van der Waals surface area contributed by atoms with Crippen LogP contribution in [0, 0.1) is 45.3 Å². The number of ether oxygens (including phenoxy) is 1. The van der Waals surface area contributed by atoms with Gasteiger partial charge in [0.25, 0.3) is 0 Å². The Labute approximate surface area is 265 Å². The molecule has 11 atom stereocenters. The number of hydrogen-bond donors (Lipinski definition) is 5. The van der Waals surface area contributed by atoms with E-state index in [4.69, 9.17) is 10.5 Å². The molecule has 4 aliphatic rings. The van der Waals surface area contributed by atoms with Gasteiger partial charge in [-0.2, -0.15) is 0 Å². The maximum absolute atomic E-state index is 13.1. The minimum Gasteiger partial charge on any atom is -0.461 e. The first-order chi connectivity index (χ1) is 20.3. The third-order valence-electron chi connectivity index (χ3n) is 14.2. The molecule has 1 aromatic rings. The summed E-state index contributed by atoms with van der Waals surface area (Å²) in [5.41, 5.74) is 5.25. The fraction of sp³-hybridized carbons (Fsp3) is 0.889. The molecule has 0 aromatic carbocycles. The summed E-state index contributed by atoms with van der Waals surface area (Å²) in [6.45, 7) is 17.5. The van der Waals surface area contributed by atoms with Crippen molar-refractivity contribution in [3.8, 4) is 0 Å². The molecule has 0 spiro atoms. The normalized spacial score (nSPS) is 42.0. The lowest BCUT2D eigenvalue weighted by atomic mass is 9.35. The van der Waals surface area contributed by atoms with Crippen molar-refractivity contribution in [1.29, 1.82) is 0 Å². The molecule has 0 amide bonds. The van der Waals surface area contributed by atoms with Gasteiger partial charge in [-0.05, 0) is 125 Å². The number of aromatic amines is 1. The number of carbonyl (C=O) groups excluding carboxylic acids is 1. The Kier molecular flexibility index (Phi) is 8.73. The third kappa shape index (κ3) is 5.58. The number of nitrogens with two attached hydrogens (primary N) is 1. The van der Waals surface area contributed by atoms with Crippen LogP contribution in [0.25, 0.3) is 0 Å². The predicted molar refractivity (Wildman–Crippen MR) is 171 cm³/mol. The van der Waals surface area contributed by atoms with Gasteiger partial charge in [-0.15, -0.1) is 0 Å². The topological polar surface area (TPSA) is 142 Å². The maximum Gasteiger partial charge on any atom is 0.323 e. The number of fused-ring (bicyclic) bond motifs is 5. The molecule has 5 rings (SSSR count). The zero-order valence-corrected chi connectivity index (χ0v) is 28.7. The molecule has 0 radical (unpaired) electrons. The predicted octanol–water partition coefficient (Wildman–Crippen LogP) is 5.54. The summed E-state index contributed by atoms with van der Waals surface area (Å²) >= 11 is 0. The lowest BCUT2D eigenvalue weighted by molar-refractivity contribution is -0.249. The number of H-pyrrole nitrogens is 1. The van der Waals surface area contributed by atoms with Crippen molar-refractivity contribution in [2.24, 2.45) is 51.1 Å². The van der Waals surface area contributed by atoms with Gasteiger partial charge in [0.05, 0.1) is 23.6 Å². The number of rotatable bonds is 9. The van der Waals surface area contributed by atoms with Crippen molar-refractivity contribution in [3.63, 3.8) is 0 Å². The Morgan fingerprint density at radius 1 is 1.05 bits per heavy atom. The molecule has 44 heavy (non-hydrogen) atoms. The number of imidazole rings is 1. The molecule has 4 aliphatic carbocycles. The monoisotopic (exact) mass is 615 g/mol. The van der Waals surface area contributed by atoms with Gasteiger partial charge in [0, 0.05) is 23.7 Å². The van der Waals surface area contributed by atoms with Crippen molar-refractivity contribution in [1.82, 2.24) is 9.97 Å². The van der Waals surface area contributed by atoms with E-state index >= 15 is 0 Å². The van der Waals surface area contributed by atoms with Crippen LogP contribution in [0.4, 0.5) is 0 Å². The number of esters is 1. The minimum absolute atomic E-state index is 0.0136. The minimum atomic E-state index is -0.874. The fourth-order valence-electron chi connectivity index (χ4n) is 11.7. The maximum atomic E-state index is 13.1. The highest BCUT2D eigenvalue weighted by Crippen LogP contribution is 2.76. The molecule has 0 bridgehead atoms. The van der Waals surface area contributed by atoms with E-state index in [0.29, 0.717) is 31.1 Å². The summed E-state index contributed by atoms with van der Waals surface area (Å²) in [5, 5.41) is 34.1. The molecule has 1 aromatic heterocycles. The van der Waals surface area contributed by atoms with Gasteiger partial charge in [-0.25, -0.2) is 4.98 Å². The number of hydrogen-bond acceptors (Lipinski definition) is 7. The van der Waals surface area contributed by atoms with Gasteiger partial charge in [0.2, 0.25) is 0 Å². The van der Waals surface area contributed by atoms with Gasteiger partial charge in [-0.1, -0.05) is 34.6 Å². The van der Waals surface area contributed by atoms with Crippen LogP contribution in [0.15, 0.2) is 12.5 Å². The Morgan fingerprint density at radius 3 is 2.36 bits per heavy atom. The van der Waals surface area contributed by atoms with Gasteiger partial charge >= 0.3 is 5.97 Å². The molecular formula is C36H61N3O5. The molecule has 250 valence electrons. The molecule has 0 unspecified atom stereocenters. The Balaban J connectivity index is 1.33. The van der Waals surface area contributed by atoms with Crippen LogP contribution in [0.2, 0.25) is 0 Å². The molecule has 1 heterocycles. The zero-order chi connectivity index (χ0) is 32.5. The molecule has 0 aliphatic heterocycles. The van der Waals surface area contributed by atoms with E-state index in [1.807, 2.05) is 20.8 Å². The van der Waals surface area contributed by atoms with Crippen LogP contribution in [-0.4, -0.2) is 60.7 Å². The number of aliphatic hydroxyl groups excluding tert-OH is 1. The third-order valence-corrected chi connectivity index (χ3v) is 14.2. The molecule has 6 N–H and O–H groups in total. The summed E-state index contributed by atoms with van der Waals surface area (Å²) in [5.74, 6) is 0.463. The summed E-state index contributed by atoms with van der Waals surface area (Å²) in [6.07, 6.45) is 11.7. The Hall–Kier alpha value is -1.48. The highest BCUT2D eigenvalue weighted by molar-refractivity contribution is 5.76.